The number of carbonyl (C=O) groups excluding carboxylic acids is 1. The second-order valence-electron chi connectivity index (χ2n) is 3.70. The third kappa shape index (κ3) is 3.87. The van der Waals surface area contributed by atoms with Gasteiger partial charge >= 0.3 is 11.9 Å². The van der Waals surface area contributed by atoms with Crippen LogP contribution in [0.4, 0.5) is 5.69 Å². The molecule has 5 N–H and O–H groups in total. The monoisotopic (exact) mass is 286 g/mol. The Morgan fingerprint density at radius 1 is 1.53 bits per heavy atom. The number of rotatable bonds is 3. The number of guanidine groups is 1. The van der Waals surface area contributed by atoms with E-state index in [4.69, 9.17) is 11.7 Å². The van der Waals surface area contributed by atoms with Gasteiger partial charge in [-0.05, 0) is 12.1 Å². The lowest BCUT2D eigenvalue weighted by Gasteiger charge is -2.28. The number of quaternary nitrogens is 1. The Morgan fingerprint density at radius 2 is 2.11 bits per heavy atom. The molecule has 0 radical (unpaired) electrons. The van der Waals surface area contributed by atoms with Gasteiger partial charge in [0.1, 0.15) is 9.39 Å². The van der Waals surface area contributed by atoms with Crippen LogP contribution in [-0.4, -0.2) is 35.2 Å². The van der Waals surface area contributed by atoms with Gasteiger partial charge in [-0.15, -0.1) is 5.10 Å². The molecule has 0 saturated carbocycles. The average Bonchev–Trinajstić information content (AvgIpc) is 2.39. The van der Waals surface area contributed by atoms with Gasteiger partial charge < -0.3 is 10.6 Å². The van der Waals surface area contributed by atoms with E-state index in [9.17, 15) is 10.0 Å². The summed E-state index contributed by atoms with van der Waals surface area (Å²) in [6, 6.07) is 8.74. The average molecular weight is 286 g/mol. The zero-order valence-corrected chi connectivity index (χ0v) is 11.6. The van der Waals surface area contributed by atoms with Crippen LogP contribution < -0.4 is 16.7 Å². The first-order valence-electron chi connectivity index (χ1n) is 5.27. The SMILES string of the molecule is COC(=O)C[N+](O)(P)/C(=N/N)N(N)c1ccccc1. The third-order valence-corrected chi connectivity index (χ3v) is 2.72. The highest BCUT2D eigenvalue weighted by Gasteiger charge is 2.36. The Hall–Kier alpha value is -1.73. The number of carbonyl (C=O) groups is 1. The molecule has 1 aromatic rings. The first-order chi connectivity index (χ1) is 8.92. The van der Waals surface area contributed by atoms with E-state index in [0.29, 0.717) is 5.69 Å². The van der Waals surface area contributed by atoms with Crippen molar-refractivity contribution in [3.63, 3.8) is 0 Å². The van der Waals surface area contributed by atoms with E-state index in [2.05, 4.69) is 9.84 Å². The summed E-state index contributed by atoms with van der Waals surface area (Å²) in [5.41, 5.74) is 0.551. The lowest BCUT2D eigenvalue weighted by Crippen LogP contribution is -2.56. The first kappa shape index (κ1) is 15.3. The topological polar surface area (TPSA) is 114 Å². The quantitative estimate of drug-likeness (QED) is 0.176. The Bertz CT molecular complexity index is 465. The number of hydroxylamine groups is 2. The van der Waals surface area contributed by atoms with Crippen molar-refractivity contribution in [1.29, 1.82) is 0 Å². The van der Waals surface area contributed by atoms with Gasteiger partial charge in [0.05, 0.1) is 12.8 Å². The first-order valence-corrected chi connectivity index (χ1v) is 5.78. The number of ether oxygens (including phenoxy) is 1. The van der Waals surface area contributed by atoms with Crippen molar-refractivity contribution in [3.05, 3.63) is 30.3 Å². The molecule has 19 heavy (non-hydrogen) atoms. The second-order valence-corrected chi connectivity index (χ2v) is 4.55. The van der Waals surface area contributed by atoms with Crippen LogP contribution in [0.3, 0.4) is 0 Å². The van der Waals surface area contributed by atoms with E-state index in [0.717, 1.165) is 5.01 Å². The Morgan fingerprint density at radius 3 is 2.58 bits per heavy atom. The zero-order valence-electron chi connectivity index (χ0n) is 10.4. The van der Waals surface area contributed by atoms with E-state index in [1.807, 2.05) is 15.5 Å². The van der Waals surface area contributed by atoms with Crippen LogP contribution >= 0.6 is 9.39 Å². The summed E-state index contributed by atoms with van der Waals surface area (Å²) < 4.78 is 3.48. The Balaban J connectivity index is 2.98. The molecule has 0 aliphatic rings. The van der Waals surface area contributed by atoms with Crippen LogP contribution in [0, 0.1) is 0 Å². The lowest BCUT2D eigenvalue weighted by atomic mass is 10.3. The molecule has 1 aromatic carbocycles. The van der Waals surface area contributed by atoms with E-state index in [1.54, 1.807) is 24.3 Å². The number of anilines is 1. The fourth-order valence-electron chi connectivity index (χ4n) is 1.38. The van der Waals surface area contributed by atoms with Gasteiger partial charge in [-0.25, -0.2) is 20.9 Å². The van der Waals surface area contributed by atoms with Gasteiger partial charge in [0.15, 0.2) is 0 Å². The Labute approximate surface area is 113 Å². The predicted molar refractivity (Wildman–Crippen MR) is 73.4 cm³/mol. The van der Waals surface area contributed by atoms with Crippen LogP contribution in [0.1, 0.15) is 0 Å². The molecule has 0 spiro atoms. The van der Waals surface area contributed by atoms with Crippen molar-refractivity contribution in [3.8, 4) is 0 Å². The maximum atomic E-state index is 11.2. The summed E-state index contributed by atoms with van der Waals surface area (Å²) in [7, 11) is 3.24. The number of hydrogen-bond acceptors (Lipinski definition) is 6. The molecule has 0 heterocycles. The lowest BCUT2D eigenvalue weighted by molar-refractivity contribution is -0.914. The maximum Gasteiger partial charge on any atom is 0.375 e. The molecule has 0 aliphatic carbocycles. The minimum Gasteiger partial charge on any atom is -0.465 e. The van der Waals surface area contributed by atoms with Crippen molar-refractivity contribution in [2.75, 3.05) is 18.7 Å². The van der Waals surface area contributed by atoms with Gasteiger partial charge in [0, 0.05) is 0 Å². The summed E-state index contributed by atoms with van der Waals surface area (Å²) >= 11 is 0. The third-order valence-electron chi connectivity index (χ3n) is 2.31. The smallest absolute Gasteiger partial charge is 0.375 e. The van der Waals surface area contributed by atoms with Gasteiger partial charge in [-0.2, -0.15) is 0 Å². The number of hydrazine groups is 1. The zero-order chi connectivity index (χ0) is 14.5. The van der Waals surface area contributed by atoms with Crippen LogP contribution in [0.5, 0.6) is 0 Å². The number of methoxy groups -OCH3 is 1. The van der Waals surface area contributed by atoms with Crippen molar-refractivity contribution < 1.29 is 19.2 Å². The van der Waals surface area contributed by atoms with E-state index < -0.39 is 16.9 Å². The van der Waals surface area contributed by atoms with Gasteiger partial charge in [0.2, 0.25) is 6.54 Å². The molecular weight excluding hydrogens is 269 g/mol. The maximum absolute atomic E-state index is 11.2. The van der Waals surface area contributed by atoms with Gasteiger partial charge in [0.25, 0.3) is 0 Å². The molecule has 0 saturated heterocycles. The van der Waals surface area contributed by atoms with Crippen molar-refractivity contribution in [2.24, 2.45) is 16.8 Å². The molecule has 104 valence electrons. The fraction of sp³-hybridized carbons (Fsp3) is 0.200. The molecule has 2 unspecified atom stereocenters. The molecule has 0 aliphatic heterocycles. The minimum atomic E-state index is -1.01. The summed E-state index contributed by atoms with van der Waals surface area (Å²) in [5, 5.41) is 14.7. The molecule has 9 heteroatoms. The van der Waals surface area contributed by atoms with Crippen LogP contribution in [0.2, 0.25) is 0 Å². The number of esters is 1. The van der Waals surface area contributed by atoms with Crippen LogP contribution in [0.15, 0.2) is 35.4 Å². The van der Waals surface area contributed by atoms with Gasteiger partial charge in [-0.3, -0.25) is 0 Å². The number of para-hydroxylation sites is 1. The number of nitrogens with two attached hydrogens (primary N) is 2. The molecule has 0 aromatic heterocycles. The summed E-state index contributed by atoms with van der Waals surface area (Å²) in [5.74, 6) is 10.3. The standard InChI is InChI=1S/C10H17N5O3P/c1-18-9(16)7-15(17,19)10(13-11)14(12)8-5-3-2-4-6-8/h2-6,17H,7,11-12,19H2,1H3/q+1/b13-10+. The largest absolute Gasteiger partial charge is 0.465 e. The fourth-order valence-corrected chi connectivity index (χ4v) is 1.73. The second kappa shape index (κ2) is 6.44. The summed E-state index contributed by atoms with van der Waals surface area (Å²) in [6.45, 7) is -0.405. The molecular formula is C10H17N5O3P+. The summed E-state index contributed by atoms with van der Waals surface area (Å²) in [6.07, 6.45) is 0. The molecule has 1 rings (SSSR count). The predicted octanol–water partition coefficient (Wildman–Crippen LogP) is -0.235. The molecule has 8 nitrogen and oxygen atoms in total. The number of hydrazone groups is 1. The summed E-state index contributed by atoms with van der Waals surface area (Å²) in [4.78, 5) is 11.2. The highest BCUT2D eigenvalue weighted by atomic mass is 31.0. The van der Waals surface area contributed by atoms with E-state index >= 15 is 0 Å². The Kier molecular flexibility index (Phi) is 5.20. The number of benzene rings is 1. The van der Waals surface area contributed by atoms with Gasteiger partial charge in [-0.1, -0.05) is 22.6 Å². The normalized spacial score (nSPS) is 14.6. The number of nitrogens with zero attached hydrogens (tertiary/aromatic N) is 3. The van der Waals surface area contributed by atoms with Crippen molar-refractivity contribution in [2.45, 2.75) is 0 Å². The van der Waals surface area contributed by atoms with Crippen molar-refractivity contribution >= 4 is 27.0 Å². The van der Waals surface area contributed by atoms with Crippen molar-refractivity contribution in [1.82, 2.24) is 0 Å². The highest BCUT2D eigenvalue weighted by molar-refractivity contribution is 7.09. The number of hydrogen-bond donors (Lipinski definition) is 3. The van der Waals surface area contributed by atoms with Crippen LogP contribution in [-0.2, 0) is 9.53 Å². The highest BCUT2D eigenvalue weighted by Crippen LogP contribution is 2.19. The van der Waals surface area contributed by atoms with Crippen LogP contribution in [0.25, 0.3) is 0 Å². The minimum absolute atomic E-state index is 0.137. The molecule has 2 atom stereocenters. The molecule has 0 amide bonds. The molecule has 0 fully saturated rings. The molecule has 0 bridgehead atoms. The van der Waals surface area contributed by atoms with E-state index in [1.165, 1.54) is 7.11 Å². The van der Waals surface area contributed by atoms with E-state index in [-0.39, 0.29) is 5.96 Å².